The molecule has 0 aliphatic rings. The SMILES string of the molecule is CCc1cccc(C)c1NC(=O)COC(=O)c1cc(-c2ccc(F)cc2)nc2onc(C)c12. The monoisotopic (exact) mass is 447 g/mol. The number of anilines is 1. The van der Waals surface area contributed by atoms with E-state index in [4.69, 9.17) is 9.26 Å². The zero-order chi connectivity index (χ0) is 23.5. The number of aryl methyl sites for hydroxylation is 3. The summed E-state index contributed by atoms with van der Waals surface area (Å²) in [5.41, 5.74) is 4.40. The van der Waals surface area contributed by atoms with Gasteiger partial charge in [-0.1, -0.05) is 30.3 Å². The number of nitrogens with one attached hydrogen (secondary N) is 1. The molecule has 33 heavy (non-hydrogen) atoms. The second-order valence-corrected chi connectivity index (χ2v) is 7.60. The number of esters is 1. The highest BCUT2D eigenvalue weighted by atomic mass is 19.1. The zero-order valence-electron chi connectivity index (χ0n) is 18.4. The van der Waals surface area contributed by atoms with Gasteiger partial charge in [-0.3, -0.25) is 4.79 Å². The molecule has 0 spiro atoms. The van der Waals surface area contributed by atoms with Crippen molar-refractivity contribution in [2.75, 3.05) is 11.9 Å². The van der Waals surface area contributed by atoms with Crippen LogP contribution in [0.25, 0.3) is 22.4 Å². The number of carbonyl (C=O) groups is 2. The number of pyridine rings is 1. The molecule has 0 aliphatic heterocycles. The lowest BCUT2D eigenvalue weighted by Gasteiger charge is -2.13. The van der Waals surface area contributed by atoms with Crippen LogP contribution in [0, 0.1) is 19.7 Å². The minimum absolute atomic E-state index is 0.151. The summed E-state index contributed by atoms with van der Waals surface area (Å²) in [7, 11) is 0. The van der Waals surface area contributed by atoms with Crippen LogP contribution in [0.3, 0.4) is 0 Å². The van der Waals surface area contributed by atoms with Crippen molar-refractivity contribution in [2.45, 2.75) is 27.2 Å². The van der Waals surface area contributed by atoms with E-state index in [1.54, 1.807) is 19.1 Å². The van der Waals surface area contributed by atoms with Gasteiger partial charge in [0.1, 0.15) is 5.82 Å². The molecule has 0 unspecified atom stereocenters. The molecule has 0 aliphatic carbocycles. The highest BCUT2D eigenvalue weighted by molar-refractivity contribution is 6.05. The summed E-state index contributed by atoms with van der Waals surface area (Å²) in [6.45, 7) is 5.12. The van der Waals surface area contributed by atoms with Gasteiger partial charge in [-0.25, -0.2) is 14.2 Å². The fraction of sp³-hybridized carbons (Fsp3) is 0.200. The first-order valence-corrected chi connectivity index (χ1v) is 10.5. The number of halogens is 1. The maximum Gasteiger partial charge on any atom is 0.339 e. The molecule has 0 bridgehead atoms. The molecular formula is C25H22FN3O4. The molecule has 168 valence electrons. The van der Waals surface area contributed by atoms with Crippen molar-refractivity contribution in [3.63, 3.8) is 0 Å². The van der Waals surface area contributed by atoms with Crippen molar-refractivity contribution in [1.29, 1.82) is 0 Å². The first-order chi connectivity index (χ1) is 15.9. The van der Waals surface area contributed by atoms with Gasteiger partial charge in [0.25, 0.3) is 11.6 Å². The van der Waals surface area contributed by atoms with Crippen LogP contribution < -0.4 is 5.32 Å². The Bertz CT molecular complexity index is 1350. The fourth-order valence-corrected chi connectivity index (χ4v) is 3.61. The van der Waals surface area contributed by atoms with Gasteiger partial charge in [0, 0.05) is 11.3 Å². The van der Waals surface area contributed by atoms with Gasteiger partial charge in [0.2, 0.25) is 0 Å². The number of benzene rings is 2. The Morgan fingerprint density at radius 3 is 2.61 bits per heavy atom. The predicted octanol–water partition coefficient (Wildman–Crippen LogP) is 5.00. The molecular weight excluding hydrogens is 425 g/mol. The van der Waals surface area contributed by atoms with E-state index in [0.717, 1.165) is 23.2 Å². The van der Waals surface area contributed by atoms with Crippen molar-refractivity contribution in [3.8, 4) is 11.3 Å². The number of para-hydroxylation sites is 1. The Morgan fingerprint density at radius 2 is 1.88 bits per heavy atom. The molecule has 7 nitrogen and oxygen atoms in total. The van der Waals surface area contributed by atoms with Crippen molar-refractivity contribution in [3.05, 3.63) is 76.7 Å². The second kappa shape index (κ2) is 9.20. The minimum Gasteiger partial charge on any atom is -0.452 e. The molecule has 0 saturated heterocycles. The zero-order valence-corrected chi connectivity index (χ0v) is 18.4. The van der Waals surface area contributed by atoms with Crippen LogP contribution in [0.2, 0.25) is 0 Å². The van der Waals surface area contributed by atoms with Crippen molar-refractivity contribution in [1.82, 2.24) is 10.1 Å². The summed E-state index contributed by atoms with van der Waals surface area (Å²) in [6, 6.07) is 13.0. The molecule has 2 heterocycles. The van der Waals surface area contributed by atoms with Gasteiger partial charge in [0.05, 0.1) is 22.3 Å². The second-order valence-electron chi connectivity index (χ2n) is 7.60. The molecule has 2 aromatic carbocycles. The smallest absolute Gasteiger partial charge is 0.339 e. The lowest BCUT2D eigenvalue weighted by atomic mass is 10.1. The maximum absolute atomic E-state index is 13.3. The van der Waals surface area contributed by atoms with E-state index in [-0.39, 0.29) is 17.1 Å². The minimum atomic E-state index is -0.715. The topological polar surface area (TPSA) is 94.3 Å². The van der Waals surface area contributed by atoms with Crippen LogP contribution in [0.15, 0.2) is 53.1 Å². The first kappa shape index (κ1) is 22.1. The van der Waals surface area contributed by atoms with Gasteiger partial charge in [-0.15, -0.1) is 0 Å². The number of nitrogens with zero attached hydrogens (tertiary/aromatic N) is 2. The Morgan fingerprint density at radius 1 is 1.12 bits per heavy atom. The van der Waals surface area contributed by atoms with E-state index in [1.165, 1.54) is 18.2 Å². The standard InChI is InChI=1S/C25H22FN3O4/c1-4-16-7-5-6-14(2)23(16)28-21(30)13-32-25(31)19-12-20(17-8-10-18(26)11-9-17)27-24-22(19)15(3)29-33-24/h5-12H,4,13H2,1-3H3,(H,28,30). The largest absolute Gasteiger partial charge is 0.452 e. The molecule has 1 N–H and O–H groups in total. The number of carbonyl (C=O) groups excluding carboxylic acids is 2. The molecule has 0 atom stereocenters. The number of amides is 1. The number of fused-ring (bicyclic) bond motifs is 1. The van der Waals surface area contributed by atoms with E-state index < -0.39 is 18.5 Å². The Labute approximate surface area is 189 Å². The maximum atomic E-state index is 13.3. The summed E-state index contributed by atoms with van der Waals surface area (Å²) in [5.74, 6) is -1.55. The average molecular weight is 447 g/mol. The number of hydrogen-bond acceptors (Lipinski definition) is 6. The first-order valence-electron chi connectivity index (χ1n) is 10.5. The third-order valence-corrected chi connectivity index (χ3v) is 5.32. The van der Waals surface area contributed by atoms with Crippen LogP contribution in [-0.4, -0.2) is 28.6 Å². The molecule has 4 rings (SSSR count). The summed E-state index contributed by atoms with van der Waals surface area (Å²) in [6.07, 6.45) is 0.755. The fourth-order valence-electron chi connectivity index (χ4n) is 3.61. The summed E-state index contributed by atoms with van der Waals surface area (Å²) < 4.78 is 23.9. The van der Waals surface area contributed by atoms with Crippen LogP contribution in [-0.2, 0) is 16.0 Å². The van der Waals surface area contributed by atoms with Crippen molar-refractivity contribution >= 4 is 28.7 Å². The van der Waals surface area contributed by atoms with E-state index in [0.29, 0.717) is 22.3 Å². The quantitative estimate of drug-likeness (QED) is 0.418. The summed E-state index contributed by atoms with van der Waals surface area (Å²) in [4.78, 5) is 29.8. The van der Waals surface area contributed by atoms with Crippen LogP contribution in [0.4, 0.5) is 10.1 Å². The lowest BCUT2D eigenvalue weighted by molar-refractivity contribution is -0.119. The van der Waals surface area contributed by atoms with Crippen LogP contribution in [0.5, 0.6) is 0 Å². The number of hydrogen-bond donors (Lipinski definition) is 1. The van der Waals surface area contributed by atoms with E-state index in [9.17, 15) is 14.0 Å². The van der Waals surface area contributed by atoms with Gasteiger partial charge in [0.15, 0.2) is 6.61 Å². The van der Waals surface area contributed by atoms with Gasteiger partial charge in [-0.05, 0) is 61.7 Å². The molecule has 8 heteroatoms. The summed E-state index contributed by atoms with van der Waals surface area (Å²) >= 11 is 0. The Balaban J connectivity index is 1.57. The predicted molar refractivity (Wildman–Crippen MR) is 121 cm³/mol. The van der Waals surface area contributed by atoms with Gasteiger partial charge in [-0.2, -0.15) is 0 Å². The molecule has 0 saturated carbocycles. The highest BCUT2D eigenvalue weighted by Crippen LogP contribution is 2.28. The average Bonchev–Trinajstić information content (AvgIpc) is 3.19. The third-order valence-electron chi connectivity index (χ3n) is 5.32. The normalized spacial score (nSPS) is 10.9. The Kier molecular flexibility index (Phi) is 6.17. The molecule has 4 aromatic rings. The van der Waals surface area contributed by atoms with E-state index in [1.807, 2.05) is 32.0 Å². The molecule has 2 aromatic heterocycles. The highest BCUT2D eigenvalue weighted by Gasteiger charge is 2.21. The molecule has 1 amide bonds. The number of rotatable bonds is 6. The summed E-state index contributed by atoms with van der Waals surface area (Å²) in [5, 5.41) is 7.11. The van der Waals surface area contributed by atoms with E-state index >= 15 is 0 Å². The van der Waals surface area contributed by atoms with Gasteiger partial charge < -0.3 is 14.6 Å². The van der Waals surface area contributed by atoms with Crippen LogP contribution >= 0.6 is 0 Å². The lowest BCUT2D eigenvalue weighted by Crippen LogP contribution is -2.22. The van der Waals surface area contributed by atoms with Crippen molar-refractivity contribution < 1.29 is 23.2 Å². The number of aromatic nitrogens is 2. The molecule has 0 radical (unpaired) electrons. The Hall–Kier alpha value is -4.07. The van der Waals surface area contributed by atoms with Gasteiger partial charge >= 0.3 is 5.97 Å². The third kappa shape index (κ3) is 4.59. The molecule has 0 fully saturated rings. The van der Waals surface area contributed by atoms with Crippen LogP contribution in [0.1, 0.15) is 34.1 Å². The number of ether oxygens (including phenoxy) is 1. The van der Waals surface area contributed by atoms with E-state index in [2.05, 4.69) is 15.5 Å². The van der Waals surface area contributed by atoms with Crippen molar-refractivity contribution in [2.24, 2.45) is 0 Å².